The first-order valence-corrected chi connectivity index (χ1v) is 5.38. The highest BCUT2D eigenvalue weighted by Crippen LogP contribution is 2.26. The third kappa shape index (κ3) is 2.87. The second-order valence-corrected chi connectivity index (χ2v) is 4.21. The molecule has 0 amide bonds. The predicted octanol–water partition coefficient (Wildman–Crippen LogP) is 0.985. The van der Waals surface area contributed by atoms with Gasteiger partial charge in [-0.3, -0.25) is 9.69 Å². The Balaban J connectivity index is 2.03. The van der Waals surface area contributed by atoms with Crippen LogP contribution < -0.4 is 5.56 Å². The molecule has 18 heavy (non-hydrogen) atoms. The van der Waals surface area contributed by atoms with E-state index in [0.717, 1.165) is 6.07 Å². The van der Waals surface area contributed by atoms with E-state index >= 15 is 0 Å². The lowest BCUT2D eigenvalue weighted by Crippen LogP contribution is -2.49. The zero-order valence-electron chi connectivity index (χ0n) is 9.30. The van der Waals surface area contributed by atoms with Crippen molar-refractivity contribution in [2.45, 2.75) is 18.8 Å². The van der Waals surface area contributed by atoms with Gasteiger partial charge in [0.05, 0.1) is 5.69 Å². The van der Waals surface area contributed by atoms with Crippen LogP contribution in [0.1, 0.15) is 11.3 Å². The molecule has 1 aliphatic heterocycles. The van der Waals surface area contributed by atoms with Crippen LogP contribution in [-0.4, -0.2) is 40.9 Å². The number of alkyl halides is 4. The number of aromatic amines is 1. The molecule has 100 valence electrons. The van der Waals surface area contributed by atoms with Crippen molar-refractivity contribution in [3.8, 4) is 0 Å². The van der Waals surface area contributed by atoms with Gasteiger partial charge in [-0.15, -0.1) is 0 Å². The maximum absolute atomic E-state index is 12.5. The van der Waals surface area contributed by atoms with Gasteiger partial charge in [0.2, 0.25) is 0 Å². The van der Waals surface area contributed by atoms with Crippen LogP contribution in [0, 0.1) is 0 Å². The molecular formula is C10H11F4N3O. The second kappa shape index (κ2) is 4.68. The molecule has 1 saturated heterocycles. The van der Waals surface area contributed by atoms with Gasteiger partial charge < -0.3 is 0 Å². The van der Waals surface area contributed by atoms with Crippen LogP contribution in [0.2, 0.25) is 0 Å². The SMILES string of the molecule is O=c1[nH]nc(CCN2CC(F)C2)cc1C(F)(F)F. The van der Waals surface area contributed by atoms with Crippen molar-refractivity contribution in [2.75, 3.05) is 19.6 Å². The molecule has 1 aromatic rings. The lowest BCUT2D eigenvalue weighted by molar-refractivity contribution is -0.138. The van der Waals surface area contributed by atoms with E-state index in [-0.39, 0.29) is 12.1 Å². The Hall–Kier alpha value is -1.44. The Morgan fingerprint density at radius 2 is 2.11 bits per heavy atom. The Labute approximate surface area is 99.6 Å². The second-order valence-electron chi connectivity index (χ2n) is 4.21. The predicted molar refractivity (Wildman–Crippen MR) is 54.9 cm³/mol. The Morgan fingerprint density at radius 1 is 1.44 bits per heavy atom. The Bertz CT molecular complexity index is 479. The van der Waals surface area contributed by atoms with E-state index in [2.05, 4.69) is 5.10 Å². The summed E-state index contributed by atoms with van der Waals surface area (Å²) in [7, 11) is 0. The monoisotopic (exact) mass is 265 g/mol. The molecule has 1 fully saturated rings. The fourth-order valence-corrected chi connectivity index (χ4v) is 1.75. The topological polar surface area (TPSA) is 49.0 Å². The van der Waals surface area contributed by atoms with E-state index in [0.29, 0.717) is 19.6 Å². The average Bonchev–Trinajstić information content (AvgIpc) is 2.23. The molecule has 0 aliphatic carbocycles. The van der Waals surface area contributed by atoms with Gasteiger partial charge in [0.15, 0.2) is 0 Å². The number of likely N-dealkylation sites (tertiary alicyclic amines) is 1. The number of nitrogens with one attached hydrogen (secondary N) is 1. The lowest BCUT2D eigenvalue weighted by Gasteiger charge is -2.34. The van der Waals surface area contributed by atoms with Crippen LogP contribution in [0.4, 0.5) is 17.6 Å². The summed E-state index contributed by atoms with van der Waals surface area (Å²) in [6.07, 6.45) is -5.29. The van der Waals surface area contributed by atoms with E-state index in [1.54, 1.807) is 4.90 Å². The minimum absolute atomic E-state index is 0.143. The molecule has 0 saturated carbocycles. The first-order valence-electron chi connectivity index (χ1n) is 5.38. The number of rotatable bonds is 3. The third-order valence-electron chi connectivity index (χ3n) is 2.76. The van der Waals surface area contributed by atoms with Crippen molar-refractivity contribution >= 4 is 0 Å². The summed E-state index contributed by atoms with van der Waals surface area (Å²) in [4.78, 5) is 12.7. The molecule has 0 unspecified atom stereocenters. The summed E-state index contributed by atoms with van der Waals surface area (Å²) >= 11 is 0. The summed E-state index contributed by atoms with van der Waals surface area (Å²) in [5, 5.41) is 5.37. The number of H-pyrrole nitrogens is 1. The van der Waals surface area contributed by atoms with E-state index in [9.17, 15) is 22.4 Å². The largest absolute Gasteiger partial charge is 0.421 e. The summed E-state index contributed by atoms with van der Waals surface area (Å²) in [5.41, 5.74) is -2.36. The van der Waals surface area contributed by atoms with Crippen molar-refractivity contribution in [2.24, 2.45) is 0 Å². The van der Waals surface area contributed by atoms with Gasteiger partial charge in [0, 0.05) is 26.1 Å². The highest BCUT2D eigenvalue weighted by atomic mass is 19.4. The Morgan fingerprint density at radius 3 is 2.67 bits per heavy atom. The van der Waals surface area contributed by atoms with Crippen molar-refractivity contribution in [1.82, 2.24) is 15.1 Å². The molecule has 0 atom stereocenters. The molecule has 0 bridgehead atoms. The van der Waals surface area contributed by atoms with Crippen molar-refractivity contribution in [1.29, 1.82) is 0 Å². The maximum Gasteiger partial charge on any atom is 0.421 e. The number of nitrogens with zero attached hydrogens (tertiary/aromatic N) is 2. The fourth-order valence-electron chi connectivity index (χ4n) is 1.75. The van der Waals surface area contributed by atoms with Crippen LogP contribution in [0.5, 0.6) is 0 Å². The minimum atomic E-state index is -4.69. The summed E-state index contributed by atoms with van der Waals surface area (Å²) < 4.78 is 49.9. The molecule has 0 radical (unpaired) electrons. The third-order valence-corrected chi connectivity index (χ3v) is 2.76. The van der Waals surface area contributed by atoms with Crippen LogP contribution in [0.3, 0.4) is 0 Å². The molecule has 1 aromatic heterocycles. The highest BCUT2D eigenvalue weighted by Gasteiger charge is 2.34. The van der Waals surface area contributed by atoms with Gasteiger partial charge in [-0.2, -0.15) is 18.3 Å². The summed E-state index contributed by atoms with van der Waals surface area (Å²) in [6, 6.07) is 0.742. The van der Waals surface area contributed by atoms with Gasteiger partial charge in [0.25, 0.3) is 5.56 Å². The van der Waals surface area contributed by atoms with Gasteiger partial charge in [-0.05, 0) is 6.07 Å². The number of hydrogen-bond acceptors (Lipinski definition) is 3. The van der Waals surface area contributed by atoms with Gasteiger partial charge in [-0.1, -0.05) is 0 Å². The van der Waals surface area contributed by atoms with Crippen molar-refractivity contribution < 1.29 is 17.6 Å². The average molecular weight is 265 g/mol. The van der Waals surface area contributed by atoms with E-state index < -0.39 is 23.5 Å². The molecule has 0 spiro atoms. The molecule has 0 aromatic carbocycles. The fraction of sp³-hybridized carbons (Fsp3) is 0.600. The lowest BCUT2D eigenvalue weighted by atomic mass is 10.1. The molecular weight excluding hydrogens is 254 g/mol. The standard InChI is InChI=1S/C10H11F4N3O/c11-6-4-17(5-6)2-1-7-3-8(10(12,13)14)9(18)16-15-7/h3,6H,1-2,4-5H2,(H,16,18). The van der Waals surface area contributed by atoms with Crippen LogP contribution in [-0.2, 0) is 12.6 Å². The number of halogens is 4. The van der Waals surface area contributed by atoms with Gasteiger partial charge in [0.1, 0.15) is 11.7 Å². The smallest absolute Gasteiger partial charge is 0.297 e. The first-order chi connectivity index (χ1) is 8.36. The Kier molecular flexibility index (Phi) is 3.38. The van der Waals surface area contributed by atoms with Crippen LogP contribution in [0.25, 0.3) is 0 Å². The van der Waals surface area contributed by atoms with Crippen LogP contribution >= 0.6 is 0 Å². The van der Waals surface area contributed by atoms with Gasteiger partial charge >= 0.3 is 6.18 Å². The number of aromatic nitrogens is 2. The summed E-state index contributed by atoms with van der Waals surface area (Å²) in [5.74, 6) is 0. The molecule has 1 N–H and O–H groups in total. The molecule has 2 heterocycles. The van der Waals surface area contributed by atoms with Crippen molar-refractivity contribution in [3.63, 3.8) is 0 Å². The quantitative estimate of drug-likeness (QED) is 0.829. The zero-order chi connectivity index (χ0) is 13.3. The van der Waals surface area contributed by atoms with E-state index in [1.807, 2.05) is 5.10 Å². The number of hydrogen-bond donors (Lipinski definition) is 1. The maximum atomic E-state index is 12.5. The molecule has 1 aliphatic rings. The van der Waals surface area contributed by atoms with Gasteiger partial charge in [-0.25, -0.2) is 9.49 Å². The molecule has 8 heteroatoms. The first kappa shape index (κ1) is 13.0. The molecule has 4 nitrogen and oxygen atoms in total. The summed E-state index contributed by atoms with van der Waals surface area (Å²) in [6.45, 7) is 1.03. The normalized spacial score (nSPS) is 17.8. The zero-order valence-corrected chi connectivity index (χ0v) is 9.30. The van der Waals surface area contributed by atoms with Crippen molar-refractivity contribution in [3.05, 3.63) is 27.7 Å². The van der Waals surface area contributed by atoms with Crippen LogP contribution in [0.15, 0.2) is 10.9 Å². The molecule has 2 rings (SSSR count). The van der Waals surface area contributed by atoms with E-state index in [4.69, 9.17) is 0 Å². The minimum Gasteiger partial charge on any atom is -0.297 e. The van der Waals surface area contributed by atoms with E-state index in [1.165, 1.54) is 0 Å². The highest BCUT2D eigenvalue weighted by molar-refractivity contribution is 5.16.